The van der Waals surface area contributed by atoms with E-state index in [1.807, 2.05) is 0 Å². The summed E-state index contributed by atoms with van der Waals surface area (Å²) in [5.74, 6) is -0.127. The molecule has 0 bridgehead atoms. The summed E-state index contributed by atoms with van der Waals surface area (Å²) in [6.45, 7) is 0. The van der Waals surface area contributed by atoms with E-state index in [1.165, 1.54) is 0 Å². The van der Waals surface area contributed by atoms with Crippen LogP contribution in [0.15, 0.2) is 48.5 Å². The number of nitrogens with one attached hydrogen (secondary N) is 1. The SMILES string of the molecule is Nc1ccc(NS(=O)(=O)Cc2cccc(Cl)c2)cc1. The van der Waals surface area contributed by atoms with Gasteiger partial charge in [-0.1, -0.05) is 23.7 Å². The van der Waals surface area contributed by atoms with Crippen LogP contribution in [0.2, 0.25) is 5.02 Å². The molecule has 0 aliphatic carbocycles. The van der Waals surface area contributed by atoms with Crippen LogP contribution in [0.4, 0.5) is 11.4 Å². The summed E-state index contributed by atoms with van der Waals surface area (Å²) in [4.78, 5) is 0. The third-order valence-corrected chi connectivity index (χ3v) is 3.92. The fraction of sp³-hybridized carbons (Fsp3) is 0.0769. The lowest BCUT2D eigenvalue weighted by atomic mass is 10.2. The molecular weight excluding hydrogens is 284 g/mol. The van der Waals surface area contributed by atoms with Crippen molar-refractivity contribution in [3.8, 4) is 0 Å². The Hall–Kier alpha value is -1.72. The molecule has 2 aromatic carbocycles. The van der Waals surface area contributed by atoms with E-state index in [2.05, 4.69) is 4.72 Å². The summed E-state index contributed by atoms with van der Waals surface area (Å²) in [6, 6.07) is 13.3. The highest BCUT2D eigenvalue weighted by Crippen LogP contribution is 2.16. The number of sulfonamides is 1. The van der Waals surface area contributed by atoms with E-state index in [4.69, 9.17) is 17.3 Å². The lowest BCUT2D eigenvalue weighted by molar-refractivity contribution is 0.600. The second kappa shape index (κ2) is 5.50. The maximum Gasteiger partial charge on any atom is 0.236 e. The van der Waals surface area contributed by atoms with Crippen molar-refractivity contribution in [3.63, 3.8) is 0 Å². The molecule has 0 unspecified atom stereocenters. The van der Waals surface area contributed by atoms with E-state index in [-0.39, 0.29) is 5.75 Å². The summed E-state index contributed by atoms with van der Waals surface area (Å²) in [5.41, 5.74) is 7.24. The second-order valence-corrected chi connectivity index (χ2v) is 6.27. The molecule has 0 saturated heterocycles. The first-order valence-corrected chi connectivity index (χ1v) is 7.58. The Morgan fingerprint density at radius 2 is 1.79 bits per heavy atom. The first kappa shape index (κ1) is 13.7. The zero-order valence-electron chi connectivity index (χ0n) is 10.0. The fourth-order valence-corrected chi connectivity index (χ4v) is 3.01. The summed E-state index contributed by atoms with van der Waals surface area (Å²) >= 11 is 5.82. The lowest BCUT2D eigenvalue weighted by Gasteiger charge is -2.08. The van der Waals surface area contributed by atoms with Gasteiger partial charge in [-0.25, -0.2) is 8.42 Å². The van der Waals surface area contributed by atoms with Crippen molar-refractivity contribution in [1.29, 1.82) is 0 Å². The van der Waals surface area contributed by atoms with Gasteiger partial charge < -0.3 is 5.73 Å². The monoisotopic (exact) mass is 296 g/mol. The number of benzene rings is 2. The predicted molar refractivity (Wildman–Crippen MR) is 78.6 cm³/mol. The minimum absolute atomic E-state index is 0.127. The number of halogens is 1. The Bertz CT molecular complexity index is 669. The van der Waals surface area contributed by atoms with Gasteiger partial charge in [-0.15, -0.1) is 0 Å². The molecule has 2 rings (SSSR count). The number of rotatable bonds is 4. The maximum atomic E-state index is 12.0. The van der Waals surface area contributed by atoms with Crippen LogP contribution in [0.5, 0.6) is 0 Å². The van der Waals surface area contributed by atoms with Crippen molar-refractivity contribution in [1.82, 2.24) is 0 Å². The van der Waals surface area contributed by atoms with Gasteiger partial charge in [-0.3, -0.25) is 4.72 Å². The average Bonchev–Trinajstić information content (AvgIpc) is 2.31. The van der Waals surface area contributed by atoms with Gasteiger partial charge in [0.05, 0.1) is 5.75 Å². The molecule has 0 aromatic heterocycles. The molecule has 0 heterocycles. The molecule has 4 nitrogen and oxygen atoms in total. The molecule has 0 spiro atoms. The number of hydrogen-bond acceptors (Lipinski definition) is 3. The summed E-state index contributed by atoms with van der Waals surface area (Å²) < 4.78 is 26.4. The van der Waals surface area contributed by atoms with Crippen molar-refractivity contribution in [3.05, 3.63) is 59.1 Å². The van der Waals surface area contributed by atoms with Gasteiger partial charge in [0, 0.05) is 16.4 Å². The van der Waals surface area contributed by atoms with Crippen molar-refractivity contribution >= 4 is 33.0 Å². The van der Waals surface area contributed by atoms with Gasteiger partial charge in [0.2, 0.25) is 10.0 Å². The van der Waals surface area contributed by atoms with Crippen LogP contribution in [-0.2, 0) is 15.8 Å². The minimum atomic E-state index is -3.47. The second-order valence-electron chi connectivity index (χ2n) is 4.11. The Morgan fingerprint density at radius 3 is 2.42 bits per heavy atom. The highest BCUT2D eigenvalue weighted by Gasteiger charge is 2.11. The molecule has 6 heteroatoms. The minimum Gasteiger partial charge on any atom is -0.399 e. The Labute approximate surface area is 117 Å². The standard InChI is InChI=1S/C13H13ClN2O2S/c14-11-3-1-2-10(8-11)9-19(17,18)16-13-6-4-12(15)5-7-13/h1-8,16H,9,15H2. The number of hydrogen-bond donors (Lipinski definition) is 2. The number of nitrogen functional groups attached to an aromatic ring is 1. The van der Waals surface area contributed by atoms with Crippen LogP contribution >= 0.6 is 11.6 Å². The van der Waals surface area contributed by atoms with Crippen LogP contribution in [0.25, 0.3) is 0 Å². The maximum absolute atomic E-state index is 12.0. The van der Waals surface area contributed by atoms with Crippen LogP contribution < -0.4 is 10.5 Å². The largest absolute Gasteiger partial charge is 0.399 e. The Kier molecular flexibility index (Phi) is 3.97. The van der Waals surface area contributed by atoms with Gasteiger partial charge in [-0.05, 0) is 42.0 Å². The lowest BCUT2D eigenvalue weighted by Crippen LogP contribution is -2.15. The van der Waals surface area contributed by atoms with E-state index in [9.17, 15) is 8.42 Å². The molecule has 0 radical (unpaired) electrons. The Morgan fingerprint density at radius 1 is 1.11 bits per heavy atom. The van der Waals surface area contributed by atoms with Gasteiger partial charge in [0.1, 0.15) is 0 Å². The van der Waals surface area contributed by atoms with Crippen LogP contribution in [0, 0.1) is 0 Å². The van der Waals surface area contributed by atoms with Gasteiger partial charge in [0.15, 0.2) is 0 Å². The van der Waals surface area contributed by atoms with Crippen molar-refractivity contribution in [2.24, 2.45) is 0 Å². The first-order chi connectivity index (χ1) is 8.94. The summed E-state index contributed by atoms with van der Waals surface area (Å²) in [6.07, 6.45) is 0. The van der Waals surface area contributed by atoms with Crippen LogP contribution in [0.3, 0.4) is 0 Å². The van der Waals surface area contributed by atoms with E-state index < -0.39 is 10.0 Å². The molecule has 3 N–H and O–H groups in total. The normalized spacial score (nSPS) is 11.2. The smallest absolute Gasteiger partial charge is 0.236 e. The van der Waals surface area contributed by atoms with E-state index >= 15 is 0 Å². The Balaban J connectivity index is 2.13. The quantitative estimate of drug-likeness (QED) is 0.852. The molecule has 0 amide bonds. The average molecular weight is 297 g/mol. The zero-order chi connectivity index (χ0) is 13.9. The van der Waals surface area contributed by atoms with Crippen molar-refractivity contribution in [2.75, 3.05) is 10.5 Å². The van der Waals surface area contributed by atoms with Gasteiger partial charge in [0.25, 0.3) is 0 Å². The molecule has 19 heavy (non-hydrogen) atoms. The molecule has 100 valence electrons. The highest BCUT2D eigenvalue weighted by molar-refractivity contribution is 7.91. The molecule has 0 aliphatic rings. The third kappa shape index (κ3) is 4.15. The van der Waals surface area contributed by atoms with E-state index in [0.717, 1.165) is 0 Å². The molecule has 0 atom stereocenters. The van der Waals surface area contributed by atoms with Crippen LogP contribution in [-0.4, -0.2) is 8.42 Å². The number of anilines is 2. The molecule has 2 aromatic rings. The topological polar surface area (TPSA) is 72.2 Å². The summed E-state index contributed by atoms with van der Waals surface area (Å²) in [5, 5.41) is 0.514. The molecule has 0 fully saturated rings. The van der Waals surface area contributed by atoms with E-state index in [1.54, 1.807) is 48.5 Å². The molecule has 0 aliphatic heterocycles. The molecule has 0 saturated carbocycles. The van der Waals surface area contributed by atoms with Gasteiger partial charge >= 0.3 is 0 Å². The molecular formula is C13H13ClN2O2S. The summed E-state index contributed by atoms with van der Waals surface area (Å²) in [7, 11) is -3.47. The highest BCUT2D eigenvalue weighted by atomic mass is 35.5. The predicted octanol–water partition coefficient (Wildman–Crippen LogP) is 2.86. The number of nitrogens with two attached hydrogens (primary N) is 1. The van der Waals surface area contributed by atoms with Crippen LogP contribution in [0.1, 0.15) is 5.56 Å². The first-order valence-electron chi connectivity index (χ1n) is 5.55. The fourth-order valence-electron chi connectivity index (χ4n) is 1.61. The van der Waals surface area contributed by atoms with E-state index in [0.29, 0.717) is 22.0 Å². The zero-order valence-corrected chi connectivity index (χ0v) is 11.6. The third-order valence-electron chi connectivity index (χ3n) is 2.43. The van der Waals surface area contributed by atoms with Gasteiger partial charge in [-0.2, -0.15) is 0 Å². The van der Waals surface area contributed by atoms with Crippen molar-refractivity contribution in [2.45, 2.75) is 5.75 Å². The van der Waals surface area contributed by atoms with Crippen molar-refractivity contribution < 1.29 is 8.42 Å².